The zero-order valence-corrected chi connectivity index (χ0v) is 12.1. The highest BCUT2D eigenvalue weighted by molar-refractivity contribution is 5.44. The molecule has 0 saturated heterocycles. The van der Waals surface area contributed by atoms with Gasteiger partial charge in [-0.3, -0.25) is 4.98 Å². The molecular weight excluding hydrogens is 277 g/mol. The fraction of sp³-hybridized carbons (Fsp3) is 0.643. The van der Waals surface area contributed by atoms with Crippen LogP contribution in [0.2, 0.25) is 0 Å². The number of pyridine rings is 1. The summed E-state index contributed by atoms with van der Waals surface area (Å²) in [7, 11) is 0. The van der Waals surface area contributed by atoms with Gasteiger partial charge in [-0.2, -0.15) is 13.2 Å². The molecule has 0 saturated carbocycles. The van der Waals surface area contributed by atoms with E-state index in [4.69, 9.17) is 0 Å². The Morgan fingerprint density at radius 2 is 1.55 bits per heavy atom. The lowest BCUT2D eigenvalue weighted by molar-refractivity contribution is -0.139. The molecule has 0 radical (unpaired) electrons. The zero-order valence-electron chi connectivity index (χ0n) is 12.1. The number of alkyl halides is 5. The maximum Gasteiger partial charge on any atom is 0.418 e. The summed E-state index contributed by atoms with van der Waals surface area (Å²) in [6.07, 6.45) is -7.51. The summed E-state index contributed by atoms with van der Waals surface area (Å²) in [5.74, 6) is -0.232. The Labute approximate surface area is 115 Å². The monoisotopic (exact) mass is 295 g/mol. The van der Waals surface area contributed by atoms with Gasteiger partial charge in [-0.25, -0.2) is 8.78 Å². The molecule has 0 unspecified atom stereocenters. The van der Waals surface area contributed by atoms with Crippen molar-refractivity contribution in [3.8, 4) is 0 Å². The van der Waals surface area contributed by atoms with Crippen LogP contribution in [0, 0.1) is 0 Å². The van der Waals surface area contributed by atoms with Gasteiger partial charge in [0.1, 0.15) is 0 Å². The normalized spacial score (nSPS) is 13.4. The van der Waals surface area contributed by atoms with Crippen LogP contribution in [0.5, 0.6) is 0 Å². The van der Waals surface area contributed by atoms with Gasteiger partial charge in [-0.15, -0.1) is 0 Å². The highest BCUT2D eigenvalue weighted by atomic mass is 19.4. The number of aromatic nitrogens is 1. The Morgan fingerprint density at radius 1 is 1.05 bits per heavy atom. The van der Waals surface area contributed by atoms with Gasteiger partial charge in [0.25, 0.3) is 6.43 Å². The molecule has 1 aromatic heterocycles. The second kappa shape index (κ2) is 5.30. The third-order valence-electron chi connectivity index (χ3n) is 2.97. The van der Waals surface area contributed by atoms with Crippen molar-refractivity contribution >= 4 is 0 Å². The Hall–Kier alpha value is -1.20. The Balaban J connectivity index is 3.81. The van der Waals surface area contributed by atoms with Crippen LogP contribution in [0.4, 0.5) is 22.0 Å². The topological polar surface area (TPSA) is 12.9 Å². The fourth-order valence-corrected chi connectivity index (χ4v) is 2.22. The largest absolute Gasteiger partial charge is 0.418 e. The molecule has 0 aliphatic carbocycles. The van der Waals surface area contributed by atoms with E-state index in [0.29, 0.717) is 11.9 Å². The lowest BCUT2D eigenvalue weighted by Crippen LogP contribution is -2.23. The minimum atomic E-state index is -4.84. The molecule has 6 heteroatoms. The molecule has 0 spiro atoms. The van der Waals surface area contributed by atoms with E-state index < -0.39 is 29.1 Å². The first-order valence-electron chi connectivity index (χ1n) is 6.26. The van der Waals surface area contributed by atoms with Gasteiger partial charge in [-0.1, -0.05) is 34.6 Å². The quantitative estimate of drug-likeness (QED) is 0.660. The van der Waals surface area contributed by atoms with Crippen molar-refractivity contribution in [2.75, 3.05) is 0 Å². The van der Waals surface area contributed by atoms with Crippen molar-refractivity contribution < 1.29 is 22.0 Å². The highest BCUT2D eigenvalue weighted by Gasteiger charge is 2.40. The van der Waals surface area contributed by atoms with E-state index in [-0.39, 0.29) is 11.5 Å². The molecule has 0 aliphatic heterocycles. The maximum atomic E-state index is 13.3. The van der Waals surface area contributed by atoms with Gasteiger partial charge in [-0.05, 0) is 16.9 Å². The van der Waals surface area contributed by atoms with Gasteiger partial charge in [0.2, 0.25) is 0 Å². The molecule has 0 atom stereocenters. The molecule has 1 aromatic rings. The summed E-state index contributed by atoms with van der Waals surface area (Å²) >= 11 is 0. The van der Waals surface area contributed by atoms with E-state index in [9.17, 15) is 22.0 Å². The van der Waals surface area contributed by atoms with Crippen LogP contribution in [0.1, 0.15) is 69.3 Å². The summed E-state index contributed by atoms with van der Waals surface area (Å²) in [6.45, 7) is 8.28. The van der Waals surface area contributed by atoms with Crippen LogP contribution in [-0.4, -0.2) is 4.98 Å². The van der Waals surface area contributed by atoms with Crippen molar-refractivity contribution in [2.45, 2.75) is 58.6 Å². The molecule has 1 heterocycles. The second-order valence-electron chi connectivity index (χ2n) is 6.05. The Morgan fingerprint density at radius 3 is 1.85 bits per heavy atom. The minimum absolute atomic E-state index is 0.00248. The average Bonchev–Trinajstić information content (AvgIpc) is 2.24. The molecule has 0 aromatic carbocycles. The number of hydrogen-bond acceptors (Lipinski definition) is 1. The van der Waals surface area contributed by atoms with Crippen LogP contribution in [0.25, 0.3) is 0 Å². The van der Waals surface area contributed by atoms with Crippen LogP contribution < -0.4 is 0 Å². The number of hydrogen-bond donors (Lipinski definition) is 0. The van der Waals surface area contributed by atoms with E-state index in [0.717, 1.165) is 0 Å². The maximum absolute atomic E-state index is 13.3. The summed E-state index contributed by atoms with van der Waals surface area (Å²) in [5, 5.41) is 0. The molecule has 0 aliphatic rings. The smallest absolute Gasteiger partial charge is 0.260 e. The van der Waals surface area contributed by atoms with Crippen LogP contribution >= 0.6 is 0 Å². The molecule has 0 fully saturated rings. The van der Waals surface area contributed by atoms with Crippen molar-refractivity contribution in [1.82, 2.24) is 4.98 Å². The minimum Gasteiger partial charge on any atom is -0.260 e. The molecule has 0 N–H and O–H groups in total. The zero-order chi connectivity index (χ0) is 15.9. The molecular formula is C14H18F5N. The van der Waals surface area contributed by atoms with E-state index in [1.54, 1.807) is 34.6 Å². The predicted octanol–water partition coefficient (Wildman–Crippen LogP) is 5.46. The Bertz CT molecular complexity index is 484. The molecule has 0 bridgehead atoms. The molecule has 20 heavy (non-hydrogen) atoms. The molecule has 114 valence electrons. The van der Waals surface area contributed by atoms with Gasteiger partial charge >= 0.3 is 6.18 Å². The Kier molecular flexibility index (Phi) is 4.46. The van der Waals surface area contributed by atoms with Crippen molar-refractivity contribution in [2.24, 2.45) is 0 Å². The molecule has 1 nitrogen and oxygen atoms in total. The first kappa shape index (κ1) is 16.9. The van der Waals surface area contributed by atoms with Crippen LogP contribution in [0.15, 0.2) is 6.20 Å². The van der Waals surface area contributed by atoms with Gasteiger partial charge in [0.05, 0.1) is 5.56 Å². The van der Waals surface area contributed by atoms with Gasteiger partial charge in [0.15, 0.2) is 0 Å². The third kappa shape index (κ3) is 3.27. The van der Waals surface area contributed by atoms with E-state index >= 15 is 0 Å². The van der Waals surface area contributed by atoms with Crippen LogP contribution in [-0.2, 0) is 11.6 Å². The van der Waals surface area contributed by atoms with Crippen molar-refractivity contribution in [3.63, 3.8) is 0 Å². The lowest BCUT2D eigenvalue weighted by Gasteiger charge is -2.29. The highest BCUT2D eigenvalue weighted by Crippen LogP contribution is 2.43. The first-order valence-corrected chi connectivity index (χ1v) is 6.26. The number of halogens is 5. The number of nitrogens with zero attached hydrogens (tertiary/aromatic N) is 1. The van der Waals surface area contributed by atoms with E-state index in [2.05, 4.69) is 4.98 Å². The second-order valence-corrected chi connectivity index (χ2v) is 6.05. The summed E-state index contributed by atoms with van der Waals surface area (Å²) in [4.78, 5) is 3.80. The fourth-order valence-electron chi connectivity index (χ4n) is 2.22. The van der Waals surface area contributed by atoms with Gasteiger partial charge in [0, 0.05) is 17.5 Å². The summed E-state index contributed by atoms with van der Waals surface area (Å²) in [5.41, 5.74) is -2.84. The van der Waals surface area contributed by atoms with Crippen LogP contribution in [0.3, 0.4) is 0 Å². The molecule has 1 rings (SSSR count). The third-order valence-corrected chi connectivity index (χ3v) is 2.97. The van der Waals surface area contributed by atoms with Gasteiger partial charge < -0.3 is 0 Å². The standard InChI is InChI=1S/C14H18F5N/c1-7(2)11-10(13(3,4)5)9(12(15)16)8(6-20-11)14(17,18)19/h6-7,12H,1-5H3. The van der Waals surface area contributed by atoms with E-state index in [1.807, 2.05) is 0 Å². The average molecular weight is 295 g/mol. The molecule has 0 amide bonds. The lowest BCUT2D eigenvalue weighted by atomic mass is 9.79. The first-order chi connectivity index (χ1) is 8.87. The van der Waals surface area contributed by atoms with Crippen molar-refractivity contribution in [3.05, 3.63) is 28.6 Å². The summed E-state index contributed by atoms with van der Waals surface area (Å²) < 4.78 is 65.3. The predicted molar refractivity (Wildman–Crippen MR) is 67.0 cm³/mol. The van der Waals surface area contributed by atoms with Crippen molar-refractivity contribution in [1.29, 1.82) is 0 Å². The summed E-state index contributed by atoms with van der Waals surface area (Å²) in [6, 6.07) is 0. The SMILES string of the molecule is CC(C)c1ncc(C(F)(F)F)c(C(F)F)c1C(C)(C)C. The number of rotatable bonds is 2. The van der Waals surface area contributed by atoms with E-state index in [1.165, 1.54) is 0 Å².